The molecule has 2 aromatic heterocycles. The summed E-state index contributed by atoms with van der Waals surface area (Å²) in [6.45, 7) is -1.28. The minimum absolute atomic E-state index is 0.0470. The summed E-state index contributed by atoms with van der Waals surface area (Å²) in [5.41, 5.74) is 5.51. The van der Waals surface area contributed by atoms with Crippen molar-refractivity contribution in [2.45, 2.75) is 12.7 Å². The van der Waals surface area contributed by atoms with Gasteiger partial charge in [-0.3, -0.25) is 4.57 Å². The van der Waals surface area contributed by atoms with E-state index in [2.05, 4.69) is 9.97 Å². The van der Waals surface area contributed by atoms with Crippen LogP contribution >= 0.6 is 23.2 Å². The number of halogens is 5. The summed E-state index contributed by atoms with van der Waals surface area (Å²) in [6, 6.07) is 1.31. The molecule has 0 saturated heterocycles. The maximum absolute atomic E-state index is 12.3. The Morgan fingerprint density at radius 3 is 2.53 bits per heavy atom. The largest absolute Gasteiger partial charge is 0.406 e. The molecule has 0 spiro atoms. The highest BCUT2D eigenvalue weighted by Crippen LogP contribution is 2.28. The van der Waals surface area contributed by atoms with Gasteiger partial charge in [-0.2, -0.15) is 13.2 Å². The Balaban J connectivity index is 2.63. The van der Waals surface area contributed by atoms with Gasteiger partial charge in [-0.15, -0.1) is 0 Å². The van der Waals surface area contributed by atoms with Crippen molar-refractivity contribution in [1.82, 2.24) is 14.5 Å². The highest BCUT2D eigenvalue weighted by Gasteiger charge is 2.30. The Bertz CT molecular complexity index is 578. The van der Waals surface area contributed by atoms with Crippen molar-refractivity contribution >= 4 is 40.3 Å². The van der Waals surface area contributed by atoms with Crippen molar-refractivity contribution in [2.24, 2.45) is 0 Å². The molecule has 0 amide bonds. The first-order chi connectivity index (χ1) is 7.78. The number of hydrogen-bond acceptors (Lipinski definition) is 3. The lowest BCUT2D eigenvalue weighted by molar-refractivity contribution is -0.139. The fourth-order valence-corrected chi connectivity index (χ4v) is 1.64. The number of nitrogen functional groups attached to an aromatic ring is 1. The number of hydrogen-bond donors (Lipinski definition) is 1. The highest BCUT2D eigenvalue weighted by molar-refractivity contribution is 6.41. The molecule has 0 atom stereocenters. The molecule has 0 radical (unpaired) electrons. The van der Waals surface area contributed by atoms with Crippen LogP contribution in [0.1, 0.15) is 0 Å². The van der Waals surface area contributed by atoms with E-state index < -0.39 is 12.7 Å². The predicted molar refractivity (Wildman–Crippen MR) is 58.0 cm³/mol. The van der Waals surface area contributed by atoms with E-state index in [0.29, 0.717) is 0 Å². The van der Waals surface area contributed by atoms with E-state index >= 15 is 0 Å². The van der Waals surface area contributed by atoms with Crippen LogP contribution in [0.2, 0.25) is 10.2 Å². The van der Waals surface area contributed by atoms with E-state index in [1.807, 2.05) is 0 Å². The van der Waals surface area contributed by atoms with Crippen molar-refractivity contribution in [1.29, 1.82) is 0 Å². The lowest BCUT2D eigenvalue weighted by Gasteiger charge is -2.09. The molecule has 4 nitrogen and oxygen atoms in total. The van der Waals surface area contributed by atoms with Gasteiger partial charge in [-0.05, 0) is 6.07 Å². The molecule has 2 N–H and O–H groups in total. The third-order valence-corrected chi connectivity index (χ3v) is 2.67. The van der Waals surface area contributed by atoms with Crippen LogP contribution in [0.5, 0.6) is 0 Å². The Morgan fingerprint density at radius 2 is 1.94 bits per heavy atom. The van der Waals surface area contributed by atoms with E-state index in [0.717, 1.165) is 4.57 Å². The monoisotopic (exact) mass is 284 g/mol. The first-order valence-electron chi connectivity index (χ1n) is 4.32. The van der Waals surface area contributed by atoms with Gasteiger partial charge in [-0.25, -0.2) is 9.97 Å². The zero-order chi connectivity index (χ0) is 12.8. The van der Waals surface area contributed by atoms with Crippen LogP contribution in [0.15, 0.2) is 6.07 Å². The fourth-order valence-electron chi connectivity index (χ4n) is 1.36. The standard InChI is InChI=1S/C8H5Cl2F3N4/c9-3-1-4-6(16-5(3)10)17(7(14)15-4)2-8(11,12)13/h1H,2H2,(H2,14,15). The van der Waals surface area contributed by atoms with Gasteiger partial charge in [0.15, 0.2) is 5.65 Å². The molecule has 0 unspecified atom stereocenters. The molecule has 0 bridgehead atoms. The minimum atomic E-state index is -4.42. The molecular formula is C8H5Cl2F3N4. The molecule has 0 saturated carbocycles. The molecule has 2 rings (SSSR count). The van der Waals surface area contributed by atoms with Gasteiger partial charge < -0.3 is 5.73 Å². The molecule has 2 heterocycles. The van der Waals surface area contributed by atoms with E-state index in [1.165, 1.54) is 6.07 Å². The number of alkyl halides is 3. The van der Waals surface area contributed by atoms with Crippen molar-refractivity contribution in [3.63, 3.8) is 0 Å². The first kappa shape index (κ1) is 12.3. The lowest BCUT2D eigenvalue weighted by atomic mass is 10.4. The topological polar surface area (TPSA) is 56.7 Å². The van der Waals surface area contributed by atoms with Gasteiger partial charge in [0.25, 0.3) is 0 Å². The van der Waals surface area contributed by atoms with Crippen LogP contribution in [0.25, 0.3) is 11.2 Å². The van der Waals surface area contributed by atoms with E-state index in [1.54, 1.807) is 0 Å². The minimum Gasteiger partial charge on any atom is -0.369 e. The van der Waals surface area contributed by atoms with Gasteiger partial charge in [0, 0.05) is 0 Å². The third-order valence-electron chi connectivity index (χ3n) is 2.00. The summed E-state index contributed by atoms with van der Waals surface area (Å²) in [7, 11) is 0. The number of aromatic nitrogens is 3. The fraction of sp³-hybridized carbons (Fsp3) is 0.250. The third kappa shape index (κ3) is 2.39. The lowest BCUT2D eigenvalue weighted by Crippen LogP contribution is -2.19. The smallest absolute Gasteiger partial charge is 0.369 e. The number of nitrogens with two attached hydrogens (primary N) is 1. The first-order valence-corrected chi connectivity index (χ1v) is 5.08. The summed E-state index contributed by atoms with van der Waals surface area (Å²) in [5, 5.41) is 0.0123. The van der Waals surface area contributed by atoms with Crippen molar-refractivity contribution in [2.75, 3.05) is 5.73 Å². The predicted octanol–water partition coefficient (Wildman–Crippen LogP) is 2.88. The summed E-state index contributed by atoms with van der Waals surface area (Å²) in [4.78, 5) is 7.47. The van der Waals surface area contributed by atoms with Gasteiger partial charge >= 0.3 is 6.18 Å². The second kappa shape index (κ2) is 3.92. The van der Waals surface area contributed by atoms with Crippen molar-refractivity contribution < 1.29 is 13.2 Å². The Labute approximate surface area is 103 Å². The Kier molecular flexibility index (Phi) is 2.82. The molecule has 2 aromatic rings. The average Bonchev–Trinajstić information content (AvgIpc) is 2.43. The van der Waals surface area contributed by atoms with Gasteiger partial charge in [-0.1, -0.05) is 23.2 Å². The van der Waals surface area contributed by atoms with E-state index in [-0.39, 0.29) is 27.3 Å². The maximum Gasteiger partial charge on any atom is 0.406 e. The number of fused-ring (bicyclic) bond motifs is 1. The molecule has 9 heteroatoms. The summed E-state index contributed by atoms with van der Waals surface area (Å²) < 4.78 is 37.7. The number of nitrogens with zero attached hydrogens (tertiary/aromatic N) is 3. The molecule has 0 fully saturated rings. The number of anilines is 1. The zero-order valence-corrected chi connectivity index (χ0v) is 9.61. The number of pyridine rings is 1. The van der Waals surface area contributed by atoms with Gasteiger partial charge in [0.2, 0.25) is 5.95 Å². The van der Waals surface area contributed by atoms with Gasteiger partial charge in [0.05, 0.1) is 5.02 Å². The summed E-state index contributed by atoms with van der Waals surface area (Å²) in [5.74, 6) is -0.289. The summed E-state index contributed by atoms with van der Waals surface area (Å²) >= 11 is 11.3. The van der Waals surface area contributed by atoms with Crippen LogP contribution in [0.4, 0.5) is 19.1 Å². The molecule has 0 aromatic carbocycles. The van der Waals surface area contributed by atoms with Gasteiger partial charge in [0.1, 0.15) is 17.2 Å². The van der Waals surface area contributed by atoms with Crippen molar-refractivity contribution in [3.05, 3.63) is 16.2 Å². The van der Waals surface area contributed by atoms with Crippen molar-refractivity contribution in [3.8, 4) is 0 Å². The molecule has 0 aliphatic carbocycles. The Morgan fingerprint density at radius 1 is 1.29 bits per heavy atom. The van der Waals surface area contributed by atoms with Crippen LogP contribution in [-0.2, 0) is 6.54 Å². The van der Waals surface area contributed by atoms with Crippen LogP contribution in [-0.4, -0.2) is 20.7 Å². The quantitative estimate of drug-likeness (QED) is 0.820. The molecule has 92 valence electrons. The van der Waals surface area contributed by atoms with Crippen LogP contribution < -0.4 is 5.73 Å². The Hall–Kier alpha value is -1.21. The highest BCUT2D eigenvalue weighted by atomic mass is 35.5. The zero-order valence-electron chi connectivity index (χ0n) is 8.09. The normalized spacial score (nSPS) is 12.3. The SMILES string of the molecule is Nc1nc2cc(Cl)c(Cl)nc2n1CC(F)(F)F. The summed E-state index contributed by atoms with van der Waals surface area (Å²) in [6.07, 6.45) is -4.42. The number of imidazole rings is 1. The van der Waals surface area contributed by atoms with E-state index in [4.69, 9.17) is 28.9 Å². The molecular weight excluding hydrogens is 280 g/mol. The van der Waals surface area contributed by atoms with Crippen LogP contribution in [0.3, 0.4) is 0 Å². The number of rotatable bonds is 1. The molecule has 0 aliphatic heterocycles. The molecule has 17 heavy (non-hydrogen) atoms. The van der Waals surface area contributed by atoms with E-state index in [9.17, 15) is 13.2 Å². The average molecular weight is 285 g/mol. The maximum atomic E-state index is 12.3. The second-order valence-electron chi connectivity index (χ2n) is 3.28. The van der Waals surface area contributed by atoms with Crippen LogP contribution in [0, 0.1) is 0 Å². The second-order valence-corrected chi connectivity index (χ2v) is 4.04. The molecule has 0 aliphatic rings.